The number of aromatic nitrogens is 1. The van der Waals surface area contributed by atoms with Gasteiger partial charge in [0, 0.05) is 30.4 Å². The van der Waals surface area contributed by atoms with Crippen molar-refractivity contribution in [1.29, 1.82) is 0 Å². The van der Waals surface area contributed by atoms with E-state index in [1.807, 2.05) is 30.3 Å². The number of rotatable bonds is 6. The zero-order valence-corrected chi connectivity index (χ0v) is 16.1. The molecule has 1 atom stereocenters. The molecular weight excluding hydrogens is 385 g/mol. The molecule has 152 valence electrons. The summed E-state index contributed by atoms with van der Waals surface area (Å²) in [6.45, 7) is 0.312. The quantitative estimate of drug-likeness (QED) is 0.670. The number of nitrogens with zero attached hydrogens (tertiary/aromatic N) is 2. The maximum atomic E-state index is 13.3. The molecule has 0 saturated carbocycles. The van der Waals surface area contributed by atoms with Crippen molar-refractivity contribution in [3.8, 4) is 5.75 Å². The molecule has 0 unspecified atom stereocenters. The summed E-state index contributed by atoms with van der Waals surface area (Å²) in [4.78, 5) is 31.2. The van der Waals surface area contributed by atoms with Crippen molar-refractivity contribution in [2.24, 2.45) is 0 Å². The molecule has 2 heterocycles. The van der Waals surface area contributed by atoms with E-state index in [2.05, 4.69) is 10.3 Å². The number of benzene rings is 2. The molecule has 0 fully saturated rings. The normalized spacial score (nSPS) is 15.3. The fraction of sp³-hybridized carbons (Fsp3) is 0.174. The van der Waals surface area contributed by atoms with Crippen molar-refractivity contribution < 1.29 is 18.7 Å². The molecule has 0 radical (unpaired) electrons. The number of hydrogen-bond donors (Lipinski definition) is 1. The van der Waals surface area contributed by atoms with Gasteiger partial charge in [0.1, 0.15) is 5.82 Å². The number of hydrogen-bond acceptors (Lipinski definition) is 4. The van der Waals surface area contributed by atoms with Gasteiger partial charge in [0.25, 0.3) is 5.91 Å². The number of halogens is 1. The molecule has 2 aromatic carbocycles. The molecule has 1 aliphatic heterocycles. The fourth-order valence-corrected chi connectivity index (χ4v) is 3.34. The number of fused-ring (bicyclic) bond motifs is 1. The van der Waals surface area contributed by atoms with Crippen molar-refractivity contribution in [3.63, 3.8) is 0 Å². The Morgan fingerprint density at radius 1 is 1.10 bits per heavy atom. The topological polar surface area (TPSA) is 71.5 Å². The highest BCUT2D eigenvalue weighted by Crippen LogP contribution is 2.37. The van der Waals surface area contributed by atoms with Crippen molar-refractivity contribution in [2.45, 2.75) is 18.9 Å². The number of carbonyl (C=O) groups excluding carboxylic acids is 2. The minimum absolute atomic E-state index is 0.180. The third kappa shape index (κ3) is 4.30. The second-order valence-corrected chi connectivity index (χ2v) is 6.89. The van der Waals surface area contributed by atoms with E-state index in [0.29, 0.717) is 30.2 Å². The third-order valence-electron chi connectivity index (χ3n) is 4.74. The number of ether oxygens (including phenoxy) is 1. The lowest BCUT2D eigenvalue weighted by Crippen LogP contribution is -2.42. The highest BCUT2D eigenvalue weighted by molar-refractivity contribution is 5.99. The first-order valence-electron chi connectivity index (χ1n) is 9.65. The van der Waals surface area contributed by atoms with Crippen LogP contribution in [0.2, 0.25) is 0 Å². The number of pyridine rings is 1. The number of carbonyl (C=O) groups is 2. The van der Waals surface area contributed by atoms with Crippen LogP contribution in [0, 0.1) is 5.82 Å². The van der Waals surface area contributed by atoms with Gasteiger partial charge in [0.2, 0.25) is 12.0 Å². The van der Waals surface area contributed by atoms with Gasteiger partial charge in [-0.1, -0.05) is 36.4 Å². The zero-order valence-electron chi connectivity index (χ0n) is 16.1. The lowest BCUT2D eigenvalue weighted by molar-refractivity contribution is -0.127. The SMILES string of the molecule is O=C(CCCN1C(=O)[C@H](c2ccccc2)Oc2cccnc21)Nc1cccc(F)c1. The van der Waals surface area contributed by atoms with E-state index < -0.39 is 11.9 Å². The molecule has 0 aliphatic carbocycles. The van der Waals surface area contributed by atoms with E-state index in [1.54, 1.807) is 29.3 Å². The van der Waals surface area contributed by atoms with Gasteiger partial charge in [-0.05, 0) is 36.8 Å². The first kappa shape index (κ1) is 19.6. The van der Waals surface area contributed by atoms with Crippen LogP contribution in [0.4, 0.5) is 15.9 Å². The molecule has 2 amide bonds. The summed E-state index contributed by atoms with van der Waals surface area (Å²) in [5, 5.41) is 2.66. The first-order valence-corrected chi connectivity index (χ1v) is 9.65. The summed E-state index contributed by atoms with van der Waals surface area (Å²) in [5.41, 5.74) is 1.16. The van der Waals surface area contributed by atoms with Gasteiger partial charge in [-0.25, -0.2) is 9.37 Å². The maximum absolute atomic E-state index is 13.3. The molecule has 30 heavy (non-hydrogen) atoms. The van der Waals surface area contributed by atoms with E-state index in [1.165, 1.54) is 18.2 Å². The molecule has 6 nitrogen and oxygen atoms in total. The lowest BCUT2D eigenvalue weighted by Gasteiger charge is -2.33. The third-order valence-corrected chi connectivity index (χ3v) is 4.74. The Bertz CT molecular complexity index is 1060. The van der Waals surface area contributed by atoms with Crippen molar-refractivity contribution >= 4 is 23.3 Å². The second-order valence-electron chi connectivity index (χ2n) is 6.89. The average Bonchev–Trinajstić information content (AvgIpc) is 2.75. The molecule has 0 bridgehead atoms. The van der Waals surface area contributed by atoms with Crippen LogP contribution in [0.15, 0.2) is 72.9 Å². The first-order chi connectivity index (χ1) is 14.6. The Hall–Kier alpha value is -3.74. The minimum Gasteiger partial charge on any atom is -0.472 e. The summed E-state index contributed by atoms with van der Waals surface area (Å²) < 4.78 is 19.2. The average molecular weight is 405 g/mol. The number of nitrogens with one attached hydrogen (secondary N) is 1. The van der Waals surface area contributed by atoms with E-state index in [4.69, 9.17) is 4.74 Å². The van der Waals surface area contributed by atoms with Crippen molar-refractivity contribution in [2.75, 3.05) is 16.8 Å². The Kier molecular flexibility index (Phi) is 5.70. The maximum Gasteiger partial charge on any atom is 0.274 e. The van der Waals surface area contributed by atoms with Gasteiger partial charge in [-0.2, -0.15) is 0 Å². The van der Waals surface area contributed by atoms with Gasteiger partial charge < -0.3 is 10.1 Å². The summed E-state index contributed by atoms with van der Waals surface area (Å²) in [5.74, 6) is 0.0804. The van der Waals surface area contributed by atoms with Crippen LogP contribution in [0.3, 0.4) is 0 Å². The summed E-state index contributed by atoms with van der Waals surface area (Å²) >= 11 is 0. The smallest absolute Gasteiger partial charge is 0.274 e. The molecule has 0 saturated heterocycles. The van der Waals surface area contributed by atoms with Gasteiger partial charge in [-0.15, -0.1) is 0 Å². The summed E-state index contributed by atoms with van der Waals surface area (Å²) in [6, 6.07) is 18.5. The molecular formula is C23H20FN3O3. The predicted molar refractivity (Wildman–Crippen MR) is 111 cm³/mol. The standard InChI is InChI=1S/C23H20FN3O3/c24-17-9-4-10-18(15-17)26-20(28)12-6-14-27-22-19(11-5-13-25-22)30-21(23(27)29)16-7-2-1-3-8-16/h1-5,7-11,13,15,21H,6,12,14H2,(H,26,28)/t21-/m0/s1. The van der Waals surface area contributed by atoms with Crippen LogP contribution in [-0.4, -0.2) is 23.3 Å². The highest BCUT2D eigenvalue weighted by Gasteiger charge is 2.36. The van der Waals surface area contributed by atoms with E-state index in [0.717, 1.165) is 5.56 Å². The largest absolute Gasteiger partial charge is 0.472 e. The second kappa shape index (κ2) is 8.73. The van der Waals surface area contributed by atoms with E-state index in [-0.39, 0.29) is 18.2 Å². The monoisotopic (exact) mass is 405 g/mol. The molecule has 0 spiro atoms. The Morgan fingerprint density at radius 2 is 1.93 bits per heavy atom. The lowest BCUT2D eigenvalue weighted by atomic mass is 10.1. The van der Waals surface area contributed by atoms with Gasteiger partial charge in [-0.3, -0.25) is 14.5 Å². The minimum atomic E-state index is -0.760. The van der Waals surface area contributed by atoms with Gasteiger partial charge in [0.05, 0.1) is 0 Å². The molecule has 1 aliphatic rings. The Morgan fingerprint density at radius 3 is 2.73 bits per heavy atom. The Balaban J connectivity index is 1.44. The van der Waals surface area contributed by atoms with Crippen LogP contribution in [0.1, 0.15) is 24.5 Å². The van der Waals surface area contributed by atoms with E-state index in [9.17, 15) is 14.0 Å². The number of amides is 2. The molecule has 3 aromatic rings. The predicted octanol–water partition coefficient (Wildman–Crippen LogP) is 4.11. The van der Waals surface area contributed by atoms with Gasteiger partial charge in [0.15, 0.2) is 11.6 Å². The number of anilines is 2. The van der Waals surface area contributed by atoms with Crippen LogP contribution in [0.5, 0.6) is 5.75 Å². The molecule has 1 aromatic heterocycles. The summed E-state index contributed by atoms with van der Waals surface area (Å²) in [6.07, 6.45) is 1.44. The zero-order chi connectivity index (χ0) is 20.9. The highest BCUT2D eigenvalue weighted by atomic mass is 19.1. The molecule has 7 heteroatoms. The van der Waals surface area contributed by atoms with Crippen LogP contribution in [-0.2, 0) is 9.59 Å². The van der Waals surface area contributed by atoms with Crippen LogP contribution >= 0.6 is 0 Å². The van der Waals surface area contributed by atoms with Crippen LogP contribution in [0.25, 0.3) is 0 Å². The van der Waals surface area contributed by atoms with Crippen molar-refractivity contribution in [1.82, 2.24) is 4.98 Å². The fourth-order valence-electron chi connectivity index (χ4n) is 3.34. The Labute approximate surface area is 173 Å². The van der Waals surface area contributed by atoms with E-state index >= 15 is 0 Å². The van der Waals surface area contributed by atoms with Crippen LogP contribution < -0.4 is 15.0 Å². The van der Waals surface area contributed by atoms with Gasteiger partial charge >= 0.3 is 0 Å². The molecule has 4 rings (SSSR count). The molecule has 1 N–H and O–H groups in total. The summed E-state index contributed by atoms with van der Waals surface area (Å²) in [7, 11) is 0. The van der Waals surface area contributed by atoms with Crippen molar-refractivity contribution in [3.05, 3.63) is 84.3 Å².